The summed E-state index contributed by atoms with van der Waals surface area (Å²) in [4.78, 5) is 12.4. The molecule has 3 rings (SSSR count). The highest BCUT2D eigenvalue weighted by atomic mass is 31.0. The summed E-state index contributed by atoms with van der Waals surface area (Å²) in [5, 5.41) is 6.25. The van der Waals surface area contributed by atoms with Crippen LogP contribution in [-0.2, 0) is 0 Å². The van der Waals surface area contributed by atoms with Gasteiger partial charge in [-0.15, -0.1) is 0 Å². The Balaban J connectivity index is 0.00000116. The zero-order chi connectivity index (χ0) is 23.8. The second kappa shape index (κ2) is 16.3. The lowest BCUT2D eigenvalue weighted by Gasteiger charge is -2.28. The standard InChI is InChI=1S/C17H19N2O4P.C3H8.2C2H6/c1-21-11-4-5-13-12(8-11)17(20)19-16(18-13)10-3-6-14(23-9-24)15(7-10)22-2;1-3-2;2*1-2/h3-8,16,18H,9,24H2,1-2H3,(H,19,20);3H2,1-2H3;2*1-2H3. The van der Waals surface area contributed by atoms with Crippen LogP contribution in [0.1, 0.15) is 70.1 Å². The molecule has 0 fully saturated rings. The topological polar surface area (TPSA) is 68.8 Å². The first-order chi connectivity index (χ1) is 15.1. The van der Waals surface area contributed by atoms with E-state index in [0.29, 0.717) is 29.2 Å². The van der Waals surface area contributed by atoms with E-state index in [1.165, 1.54) is 6.42 Å². The number of hydrogen-bond donors (Lipinski definition) is 2. The number of fused-ring (bicyclic) bond motifs is 1. The van der Waals surface area contributed by atoms with Crippen LogP contribution in [0.25, 0.3) is 0 Å². The molecule has 0 aromatic heterocycles. The zero-order valence-corrected chi connectivity index (χ0v) is 21.3. The van der Waals surface area contributed by atoms with Crippen LogP contribution in [0, 0.1) is 0 Å². The van der Waals surface area contributed by atoms with Gasteiger partial charge in [-0.25, -0.2) is 0 Å². The van der Waals surface area contributed by atoms with Gasteiger partial charge in [-0.3, -0.25) is 4.79 Å². The molecule has 2 atom stereocenters. The number of anilines is 1. The fourth-order valence-corrected chi connectivity index (χ4v) is 2.78. The fourth-order valence-electron chi connectivity index (χ4n) is 2.60. The summed E-state index contributed by atoms with van der Waals surface area (Å²) in [5.74, 6) is 1.76. The van der Waals surface area contributed by atoms with Crippen LogP contribution in [0.15, 0.2) is 36.4 Å². The van der Waals surface area contributed by atoms with Crippen molar-refractivity contribution in [3.8, 4) is 17.2 Å². The Labute approximate surface area is 190 Å². The lowest BCUT2D eigenvalue weighted by atomic mass is 10.0. The number of hydrogen-bond acceptors (Lipinski definition) is 5. The predicted molar refractivity (Wildman–Crippen MR) is 134 cm³/mol. The molecule has 1 amide bonds. The van der Waals surface area contributed by atoms with Gasteiger partial charge in [0.25, 0.3) is 5.91 Å². The summed E-state index contributed by atoms with van der Waals surface area (Å²) in [6.45, 7) is 12.2. The largest absolute Gasteiger partial charge is 0.497 e. The molecule has 0 spiro atoms. The van der Waals surface area contributed by atoms with Gasteiger partial charge in [-0.1, -0.05) is 63.3 Å². The van der Waals surface area contributed by atoms with Gasteiger partial charge in [0, 0.05) is 5.69 Å². The number of amides is 1. The zero-order valence-electron chi connectivity index (χ0n) is 20.2. The van der Waals surface area contributed by atoms with Crippen LogP contribution in [0.4, 0.5) is 5.69 Å². The van der Waals surface area contributed by atoms with Crippen LogP contribution in [0.5, 0.6) is 17.2 Å². The van der Waals surface area contributed by atoms with Crippen molar-refractivity contribution < 1.29 is 19.0 Å². The van der Waals surface area contributed by atoms with Gasteiger partial charge in [-0.2, -0.15) is 0 Å². The summed E-state index contributed by atoms with van der Waals surface area (Å²) in [5.41, 5.74) is 2.19. The average molecular weight is 451 g/mol. The van der Waals surface area contributed by atoms with Crippen LogP contribution < -0.4 is 24.8 Å². The minimum Gasteiger partial charge on any atom is -0.497 e. The molecule has 174 valence electrons. The second-order valence-corrected chi connectivity index (χ2v) is 6.22. The third-order valence-electron chi connectivity index (χ3n) is 3.81. The van der Waals surface area contributed by atoms with Crippen molar-refractivity contribution in [1.29, 1.82) is 0 Å². The van der Waals surface area contributed by atoms with Crippen LogP contribution in [-0.4, -0.2) is 26.5 Å². The lowest BCUT2D eigenvalue weighted by Crippen LogP contribution is -2.38. The maximum Gasteiger partial charge on any atom is 0.255 e. The molecular formula is C24H39N2O4P. The smallest absolute Gasteiger partial charge is 0.255 e. The van der Waals surface area contributed by atoms with Gasteiger partial charge in [0.1, 0.15) is 18.3 Å². The fraction of sp³-hybridized carbons (Fsp3) is 0.458. The molecule has 2 unspecified atom stereocenters. The first-order valence-electron chi connectivity index (χ1n) is 10.8. The van der Waals surface area contributed by atoms with Crippen LogP contribution in [0.2, 0.25) is 0 Å². The van der Waals surface area contributed by atoms with Crippen molar-refractivity contribution in [2.24, 2.45) is 0 Å². The predicted octanol–water partition coefficient (Wildman–Crippen LogP) is 6.24. The summed E-state index contributed by atoms with van der Waals surface area (Å²) < 4.78 is 16.0. The third kappa shape index (κ3) is 8.29. The van der Waals surface area contributed by atoms with E-state index in [0.717, 1.165) is 11.3 Å². The van der Waals surface area contributed by atoms with Crippen LogP contribution >= 0.6 is 9.24 Å². The molecule has 0 radical (unpaired) electrons. The van der Waals surface area contributed by atoms with E-state index < -0.39 is 0 Å². The Morgan fingerprint density at radius 1 is 0.903 bits per heavy atom. The van der Waals surface area contributed by atoms with E-state index in [9.17, 15) is 4.79 Å². The van der Waals surface area contributed by atoms with Gasteiger partial charge in [-0.05, 0) is 35.9 Å². The molecule has 0 saturated heterocycles. The molecule has 1 aliphatic heterocycles. The van der Waals surface area contributed by atoms with Crippen molar-refractivity contribution in [3.05, 3.63) is 47.5 Å². The first-order valence-corrected chi connectivity index (χ1v) is 11.7. The summed E-state index contributed by atoms with van der Waals surface area (Å²) in [7, 11) is 5.66. The first kappa shape index (κ1) is 28.5. The molecule has 2 aromatic rings. The van der Waals surface area contributed by atoms with Crippen LogP contribution in [0.3, 0.4) is 0 Å². The lowest BCUT2D eigenvalue weighted by molar-refractivity contribution is 0.0935. The Kier molecular flexibility index (Phi) is 15.0. The molecule has 0 bridgehead atoms. The molecule has 2 N–H and O–H groups in total. The van der Waals surface area contributed by atoms with Gasteiger partial charge < -0.3 is 24.8 Å². The second-order valence-electron chi connectivity index (χ2n) is 5.89. The number of ether oxygens (including phenoxy) is 3. The SMILES string of the molecule is CC.CC.CCC.COc1ccc2c(c1)C(=O)NC(c1ccc(OCP)c(OC)c1)N2. The third-order valence-corrected chi connectivity index (χ3v) is 3.97. The number of methoxy groups -OCH3 is 2. The van der Waals surface area contributed by atoms with E-state index >= 15 is 0 Å². The van der Waals surface area contributed by atoms with E-state index in [1.807, 2.05) is 58.0 Å². The van der Waals surface area contributed by atoms with Gasteiger partial charge >= 0.3 is 0 Å². The maximum atomic E-state index is 12.4. The van der Waals surface area contributed by atoms with Gasteiger partial charge in [0.05, 0.1) is 19.8 Å². The molecule has 1 heterocycles. The number of carbonyl (C=O) groups excluding carboxylic acids is 1. The average Bonchev–Trinajstić information content (AvgIpc) is 2.82. The van der Waals surface area contributed by atoms with Gasteiger partial charge in [0.2, 0.25) is 0 Å². The van der Waals surface area contributed by atoms with Gasteiger partial charge in [0.15, 0.2) is 11.5 Å². The Morgan fingerprint density at radius 2 is 1.55 bits per heavy atom. The molecule has 7 heteroatoms. The van der Waals surface area contributed by atoms with Crippen molar-refractivity contribution >= 4 is 20.8 Å². The van der Waals surface area contributed by atoms with E-state index in [-0.39, 0.29) is 12.1 Å². The van der Waals surface area contributed by atoms with E-state index in [4.69, 9.17) is 14.2 Å². The number of benzene rings is 2. The van der Waals surface area contributed by atoms with Crippen molar-refractivity contribution in [2.45, 2.75) is 54.1 Å². The highest BCUT2D eigenvalue weighted by Crippen LogP contribution is 2.34. The highest BCUT2D eigenvalue weighted by Gasteiger charge is 2.25. The molecule has 0 aliphatic carbocycles. The monoisotopic (exact) mass is 450 g/mol. The summed E-state index contributed by atoms with van der Waals surface area (Å²) in [6.07, 6.45) is 1.38. The van der Waals surface area contributed by atoms with Crippen molar-refractivity contribution in [2.75, 3.05) is 25.9 Å². The number of carbonyl (C=O) groups is 1. The quantitative estimate of drug-likeness (QED) is 0.528. The normalized spacial score (nSPS) is 13.2. The van der Waals surface area contributed by atoms with Crippen molar-refractivity contribution in [1.82, 2.24) is 5.32 Å². The molecule has 2 aromatic carbocycles. The highest BCUT2D eigenvalue weighted by molar-refractivity contribution is 7.16. The molecule has 0 saturated carbocycles. The molecule has 6 nitrogen and oxygen atoms in total. The molecular weight excluding hydrogens is 411 g/mol. The number of nitrogens with one attached hydrogen (secondary N) is 2. The number of rotatable bonds is 5. The molecule has 1 aliphatic rings. The minimum atomic E-state index is -0.350. The minimum absolute atomic E-state index is 0.156. The summed E-state index contributed by atoms with van der Waals surface area (Å²) in [6, 6.07) is 10.9. The Hall–Kier alpha value is -2.46. The summed E-state index contributed by atoms with van der Waals surface area (Å²) >= 11 is 0. The molecule has 31 heavy (non-hydrogen) atoms. The maximum absolute atomic E-state index is 12.4. The van der Waals surface area contributed by atoms with E-state index in [1.54, 1.807) is 20.3 Å². The Morgan fingerprint density at radius 3 is 2.10 bits per heavy atom. The van der Waals surface area contributed by atoms with E-state index in [2.05, 4.69) is 33.7 Å². The van der Waals surface area contributed by atoms with Crippen molar-refractivity contribution in [3.63, 3.8) is 0 Å². The Bertz CT molecular complexity index is 784.